The van der Waals surface area contributed by atoms with Crippen LogP contribution in [0.15, 0.2) is 62.1 Å². The van der Waals surface area contributed by atoms with Gasteiger partial charge in [0.25, 0.3) is 0 Å². The van der Waals surface area contributed by atoms with Gasteiger partial charge in [-0.05, 0) is 31.4 Å². The summed E-state index contributed by atoms with van der Waals surface area (Å²) in [6.07, 6.45) is 19.5. The highest BCUT2D eigenvalue weighted by Gasteiger charge is 2.21. The molecule has 1 aliphatic rings. The molecule has 0 aliphatic carbocycles. The Morgan fingerprint density at radius 2 is 2.15 bits per heavy atom. The lowest BCUT2D eigenvalue weighted by Crippen LogP contribution is -2.37. The van der Waals surface area contributed by atoms with Crippen molar-refractivity contribution in [3.05, 3.63) is 62.1 Å². The Balaban J connectivity index is 2.50. The fourth-order valence-electron chi connectivity index (χ4n) is 2.16. The van der Waals surface area contributed by atoms with Gasteiger partial charge >= 0.3 is 0 Å². The maximum absolute atomic E-state index is 5.92. The molecule has 1 rings (SSSR count). The van der Waals surface area contributed by atoms with Crippen LogP contribution in [0.4, 0.5) is 0 Å². The second-order valence-corrected chi connectivity index (χ2v) is 5.07. The molecular weight excluding hydrogens is 246 g/mol. The first-order chi connectivity index (χ1) is 9.69. The monoisotopic (exact) mass is 273 g/mol. The van der Waals surface area contributed by atoms with Gasteiger partial charge in [0.15, 0.2) is 0 Å². The third-order valence-corrected chi connectivity index (χ3v) is 3.40. The number of hydrogen-bond donors (Lipinski definition) is 1. The normalized spacial score (nSPS) is 19.9. The van der Waals surface area contributed by atoms with E-state index in [9.17, 15) is 0 Å². The summed E-state index contributed by atoms with van der Waals surface area (Å²) < 4.78 is 0. The lowest BCUT2D eigenvalue weighted by molar-refractivity contribution is 0.262. The molecule has 0 aromatic rings. The van der Waals surface area contributed by atoms with Gasteiger partial charge in [-0.3, -0.25) is 0 Å². The van der Waals surface area contributed by atoms with Gasteiger partial charge in [-0.15, -0.1) is 13.2 Å². The van der Waals surface area contributed by atoms with E-state index in [1.807, 2.05) is 18.4 Å². The minimum atomic E-state index is 0.363. The lowest BCUT2D eigenvalue weighted by atomic mass is 10.0. The van der Waals surface area contributed by atoms with Gasteiger partial charge in [-0.1, -0.05) is 37.3 Å². The van der Waals surface area contributed by atoms with Crippen LogP contribution in [0.2, 0.25) is 0 Å². The second kappa shape index (κ2) is 9.21. The molecule has 1 heterocycles. The summed E-state index contributed by atoms with van der Waals surface area (Å²) in [6, 6.07) is 0.363. The molecule has 0 saturated heterocycles. The van der Waals surface area contributed by atoms with Crippen molar-refractivity contribution in [3.63, 3.8) is 0 Å². The summed E-state index contributed by atoms with van der Waals surface area (Å²) in [5.41, 5.74) is 0. The standard InChI is InChI=1S/C17H27N3/c1-4-6-7-8-13-19(12-5-2)15-11-16(3)17-10-9-14-20(17)18/h4-5,8-9,11,13-17H,1-2,6-7,10,12,18H2,3H3/b13-8+,15-11-. The zero-order valence-electron chi connectivity index (χ0n) is 12.5. The van der Waals surface area contributed by atoms with E-state index in [1.165, 1.54) is 0 Å². The fourth-order valence-corrected chi connectivity index (χ4v) is 2.16. The van der Waals surface area contributed by atoms with Crippen molar-refractivity contribution in [2.75, 3.05) is 6.54 Å². The minimum absolute atomic E-state index is 0.363. The molecule has 0 radical (unpaired) electrons. The van der Waals surface area contributed by atoms with E-state index < -0.39 is 0 Å². The smallest absolute Gasteiger partial charge is 0.0541 e. The Labute approximate surface area is 123 Å². The molecular formula is C17H27N3. The van der Waals surface area contributed by atoms with Gasteiger partial charge in [-0.25, -0.2) is 5.84 Å². The molecule has 3 nitrogen and oxygen atoms in total. The van der Waals surface area contributed by atoms with Crippen molar-refractivity contribution in [2.45, 2.75) is 32.2 Å². The van der Waals surface area contributed by atoms with Crippen molar-refractivity contribution in [1.29, 1.82) is 0 Å². The molecule has 2 unspecified atom stereocenters. The molecule has 2 N–H and O–H groups in total. The summed E-state index contributed by atoms with van der Waals surface area (Å²) >= 11 is 0. The third-order valence-electron chi connectivity index (χ3n) is 3.40. The van der Waals surface area contributed by atoms with Crippen LogP contribution in [0.25, 0.3) is 0 Å². The Morgan fingerprint density at radius 1 is 1.35 bits per heavy atom. The molecule has 0 saturated carbocycles. The summed E-state index contributed by atoms with van der Waals surface area (Å²) in [6.45, 7) is 10.5. The fraction of sp³-hybridized carbons (Fsp3) is 0.412. The van der Waals surface area contributed by atoms with Gasteiger partial charge in [0, 0.05) is 18.9 Å². The molecule has 0 aromatic carbocycles. The summed E-state index contributed by atoms with van der Waals surface area (Å²) in [5.74, 6) is 6.32. The highest BCUT2D eigenvalue weighted by atomic mass is 15.4. The zero-order valence-corrected chi connectivity index (χ0v) is 12.5. The maximum Gasteiger partial charge on any atom is 0.0541 e. The highest BCUT2D eigenvalue weighted by Crippen LogP contribution is 2.19. The van der Waals surface area contributed by atoms with Gasteiger partial charge in [0.1, 0.15) is 0 Å². The Kier molecular flexibility index (Phi) is 7.51. The van der Waals surface area contributed by atoms with Gasteiger partial charge in [0.2, 0.25) is 0 Å². The zero-order chi connectivity index (χ0) is 14.8. The summed E-state index contributed by atoms with van der Waals surface area (Å²) in [7, 11) is 0. The lowest BCUT2D eigenvalue weighted by Gasteiger charge is -2.25. The van der Waals surface area contributed by atoms with E-state index in [4.69, 9.17) is 5.84 Å². The van der Waals surface area contributed by atoms with Crippen LogP contribution in [0, 0.1) is 5.92 Å². The van der Waals surface area contributed by atoms with Crippen molar-refractivity contribution in [2.24, 2.45) is 11.8 Å². The van der Waals surface area contributed by atoms with Gasteiger partial charge in [-0.2, -0.15) is 0 Å². The molecule has 1 aliphatic heterocycles. The van der Waals surface area contributed by atoms with Crippen LogP contribution in [0.3, 0.4) is 0 Å². The van der Waals surface area contributed by atoms with Gasteiger partial charge < -0.3 is 9.91 Å². The molecule has 3 heteroatoms. The van der Waals surface area contributed by atoms with Crippen LogP contribution in [-0.2, 0) is 0 Å². The molecule has 0 bridgehead atoms. The third kappa shape index (κ3) is 5.49. The SMILES string of the molecule is C=CCC/C=C/N(/C=C\C(C)C1CC=CN1N)CC=C. The first kappa shape index (κ1) is 16.3. The predicted octanol–water partition coefficient (Wildman–Crippen LogP) is 3.57. The van der Waals surface area contributed by atoms with E-state index in [1.54, 1.807) is 5.01 Å². The molecule has 0 fully saturated rings. The van der Waals surface area contributed by atoms with Crippen LogP contribution >= 0.6 is 0 Å². The molecule has 110 valence electrons. The van der Waals surface area contributed by atoms with Gasteiger partial charge in [0.05, 0.1) is 6.04 Å². The Morgan fingerprint density at radius 3 is 2.75 bits per heavy atom. The van der Waals surface area contributed by atoms with E-state index in [0.29, 0.717) is 12.0 Å². The molecule has 0 amide bonds. The van der Waals surface area contributed by atoms with Crippen molar-refractivity contribution < 1.29 is 0 Å². The van der Waals surface area contributed by atoms with E-state index >= 15 is 0 Å². The van der Waals surface area contributed by atoms with Crippen molar-refractivity contribution in [1.82, 2.24) is 9.91 Å². The topological polar surface area (TPSA) is 32.5 Å². The largest absolute Gasteiger partial charge is 0.351 e. The first-order valence-corrected chi connectivity index (χ1v) is 7.21. The van der Waals surface area contributed by atoms with Crippen LogP contribution in [0.5, 0.6) is 0 Å². The van der Waals surface area contributed by atoms with Crippen LogP contribution in [-0.4, -0.2) is 22.5 Å². The van der Waals surface area contributed by atoms with Crippen molar-refractivity contribution in [3.8, 4) is 0 Å². The van der Waals surface area contributed by atoms with E-state index in [2.05, 4.69) is 55.6 Å². The quantitative estimate of drug-likeness (QED) is 0.396. The average molecular weight is 273 g/mol. The number of unbranched alkanes of at least 4 members (excludes halogenated alkanes) is 1. The van der Waals surface area contributed by atoms with E-state index in [-0.39, 0.29) is 0 Å². The summed E-state index contributed by atoms with van der Waals surface area (Å²) in [4.78, 5) is 2.13. The van der Waals surface area contributed by atoms with Crippen LogP contribution < -0.4 is 5.84 Å². The predicted molar refractivity (Wildman–Crippen MR) is 87.3 cm³/mol. The van der Waals surface area contributed by atoms with Crippen molar-refractivity contribution >= 4 is 0 Å². The molecule has 0 spiro atoms. The number of nitrogens with two attached hydrogens (primary N) is 1. The number of allylic oxidation sites excluding steroid dienone is 2. The van der Waals surface area contributed by atoms with Crippen LogP contribution in [0.1, 0.15) is 26.2 Å². The Hall–Kier alpha value is -1.74. The minimum Gasteiger partial charge on any atom is -0.351 e. The van der Waals surface area contributed by atoms with E-state index in [0.717, 1.165) is 25.8 Å². The average Bonchev–Trinajstić information content (AvgIpc) is 2.86. The molecule has 20 heavy (non-hydrogen) atoms. The molecule has 0 aromatic heterocycles. The molecule has 2 atom stereocenters. The highest BCUT2D eigenvalue weighted by molar-refractivity contribution is 5.04. The summed E-state index contributed by atoms with van der Waals surface area (Å²) in [5, 5.41) is 1.80. The first-order valence-electron chi connectivity index (χ1n) is 7.21. The number of hydrogen-bond acceptors (Lipinski definition) is 3. The number of hydrazine groups is 1. The number of nitrogens with zero attached hydrogens (tertiary/aromatic N) is 2. The number of rotatable bonds is 9. The Bertz CT molecular complexity index is 382. The second-order valence-electron chi connectivity index (χ2n) is 5.07. The maximum atomic E-state index is 5.92.